The van der Waals surface area contributed by atoms with Gasteiger partial charge in [-0.05, 0) is 45.2 Å². The summed E-state index contributed by atoms with van der Waals surface area (Å²) in [5.74, 6) is 0.0528. The van der Waals surface area contributed by atoms with Crippen LogP contribution in [0.4, 0.5) is 4.79 Å². The van der Waals surface area contributed by atoms with Crippen LogP contribution in [-0.4, -0.2) is 45.2 Å². The van der Waals surface area contributed by atoms with Crippen molar-refractivity contribution in [2.75, 3.05) is 25.9 Å². The van der Waals surface area contributed by atoms with Crippen molar-refractivity contribution in [1.82, 2.24) is 14.9 Å². The maximum Gasteiger partial charge on any atom is 0.317 e. The molecule has 1 aromatic carbocycles. The summed E-state index contributed by atoms with van der Waals surface area (Å²) in [6.07, 6.45) is 1.66. The van der Waals surface area contributed by atoms with Crippen molar-refractivity contribution in [3.8, 4) is 0 Å². The third-order valence-corrected chi connectivity index (χ3v) is 5.99. The summed E-state index contributed by atoms with van der Waals surface area (Å²) < 4.78 is 25.8. The highest BCUT2D eigenvalue weighted by Crippen LogP contribution is 2.19. The normalized spacial score (nSPS) is 19.8. The molecule has 2 rings (SSSR count). The first-order valence-corrected chi connectivity index (χ1v) is 9.99. The Bertz CT molecular complexity index is 675. The Morgan fingerprint density at radius 3 is 2.83 bits per heavy atom. The lowest BCUT2D eigenvalue weighted by molar-refractivity contribution is 0.167. The maximum atomic E-state index is 12.5. The van der Waals surface area contributed by atoms with E-state index < -0.39 is 10.0 Å². The molecule has 1 heterocycles. The number of nitrogens with zero attached hydrogens (tertiary/aromatic N) is 1. The second-order valence-corrected chi connectivity index (χ2v) is 8.50. The van der Waals surface area contributed by atoms with E-state index in [0.717, 1.165) is 24.0 Å². The first-order valence-electron chi connectivity index (χ1n) is 8.34. The van der Waals surface area contributed by atoms with Crippen LogP contribution in [0.1, 0.15) is 36.9 Å². The van der Waals surface area contributed by atoms with E-state index >= 15 is 0 Å². The highest BCUT2D eigenvalue weighted by atomic mass is 32.2. The average Bonchev–Trinajstić information content (AvgIpc) is 2.54. The van der Waals surface area contributed by atoms with Gasteiger partial charge in [0.2, 0.25) is 10.0 Å². The Labute approximate surface area is 144 Å². The van der Waals surface area contributed by atoms with Crippen LogP contribution in [0.25, 0.3) is 0 Å². The molecule has 1 aliphatic rings. The van der Waals surface area contributed by atoms with Gasteiger partial charge >= 0.3 is 6.03 Å². The summed E-state index contributed by atoms with van der Waals surface area (Å²) in [5.41, 5.74) is 2.22. The SMILES string of the molecule is CNS(=O)(=O)CC1CCCN(C(=O)NC(C)c2cccc(C)c2)C1. The van der Waals surface area contributed by atoms with Gasteiger partial charge in [0.05, 0.1) is 11.8 Å². The predicted molar refractivity (Wildman–Crippen MR) is 95.3 cm³/mol. The second-order valence-electron chi connectivity index (χ2n) is 6.53. The maximum absolute atomic E-state index is 12.5. The Morgan fingerprint density at radius 1 is 1.42 bits per heavy atom. The van der Waals surface area contributed by atoms with E-state index in [1.165, 1.54) is 7.05 Å². The largest absolute Gasteiger partial charge is 0.331 e. The van der Waals surface area contributed by atoms with E-state index in [1.54, 1.807) is 4.90 Å². The Balaban J connectivity index is 1.94. The molecule has 0 saturated carbocycles. The minimum atomic E-state index is -3.25. The Kier molecular flexibility index (Phi) is 6.23. The van der Waals surface area contributed by atoms with Crippen molar-refractivity contribution >= 4 is 16.1 Å². The molecule has 2 atom stereocenters. The van der Waals surface area contributed by atoms with Crippen molar-refractivity contribution in [2.45, 2.75) is 32.7 Å². The van der Waals surface area contributed by atoms with Gasteiger partial charge in [-0.3, -0.25) is 0 Å². The van der Waals surface area contributed by atoms with Gasteiger partial charge in [0.1, 0.15) is 0 Å². The van der Waals surface area contributed by atoms with Crippen LogP contribution < -0.4 is 10.0 Å². The zero-order valence-corrected chi connectivity index (χ0v) is 15.4. The van der Waals surface area contributed by atoms with Gasteiger partial charge in [0.15, 0.2) is 0 Å². The van der Waals surface area contributed by atoms with E-state index in [1.807, 2.05) is 32.0 Å². The van der Waals surface area contributed by atoms with Crippen LogP contribution in [0.15, 0.2) is 24.3 Å². The molecule has 0 bridgehead atoms. The van der Waals surface area contributed by atoms with Gasteiger partial charge in [-0.1, -0.05) is 29.8 Å². The summed E-state index contributed by atoms with van der Waals surface area (Å²) >= 11 is 0. The minimum Gasteiger partial charge on any atom is -0.331 e. The quantitative estimate of drug-likeness (QED) is 0.850. The number of piperidine rings is 1. The number of hydrogen-bond donors (Lipinski definition) is 2. The van der Waals surface area contributed by atoms with Crippen molar-refractivity contribution in [1.29, 1.82) is 0 Å². The number of amides is 2. The fourth-order valence-electron chi connectivity index (χ4n) is 3.08. The molecule has 1 aliphatic heterocycles. The zero-order valence-electron chi connectivity index (χ0n) is 14.6. The fraction of sp³-hybridized carbons (Fsp3) is 0.588. The van der Waals surface area contributed by atoms with Gasteiger partial charge in [0.25, 0.3) is 0 Å². The van der Waals surface area contributed by atoms with Gasteiger partial charge in [-0.15, -0.1) is 0 Å². The number of aryl methyl sites for hydroxylation is 1. The molecule has 1 saturated heterocycles. The number of carbonyl (C=O) groups excluding carboxylic acids is 1. The third kappa shape index (κ3) is 5.21. The highest BCUT2D eigenvalue weighted by molar-refractivity contribution is 7.89. The third-order valence-electron chi connectivity index (χ3n) is 4.45. The number of sulfonamides is 1. The molecular weight excluding hydrogens is 326 g/mol. The van der Waals surface area contributed by atoms with Crippen LogP contribution in [0.5, 0.6) is 0 Å². The van der Waals surface area contributed by atoms with Crippen molar-refractivity contribution in [3.63, 3.8) is 0 Å². The fourth-order valence-corrected chi connectivity index (χ4v) is 4.14. The lowest BCUT2D eigenvalue weighted by atomic mass is 10.0. The molecule has 6 nitrogen and oxygen atoms in total. The molecule has 0 aromatic heterocycles. The van der Waals surface area contributed by atoms with E-state index in [2.05, 4.69) is 16.1 Å². The predicted octanol–water partition coefficient (Wildman–Crippen LogP) is 2.03. The zero-order chi connectivity index (χ0) is 17.7. The van der Waals surface area contributed by atoms with Gasteiger partial charge < -0.3 is 10.2 Å². The molecule has 24 heavy (non-hydrogen) atoms. The van der Waals surface area contributed by atoms with Crippen molar-refractivity contribution in [3.05, 3.63) is 35.4 Å². The highest BCUT2D eigenvalue weighted by Gasteiger charge is 2.27. The lowest BCUT2D eigenvalue weighted by Gasteiger charge is -2.33. The number of nitrogens with one attached hydrogen (secondary N) is 2. The number of benzene rings is 1. The van der Waals surface area contributed by atoms with Crippen molar-refractivity contribution < 1.29 is 13.2 Å². The van der Waals surface area contributed by atoms with Crippen LogP contribution in [0.3, 0.4) is 0 Å². The summed E-state index contributed by atoms with van der Waals surface area (Å²) in [4.78, 5) is 14.2. The number of rotatable bonds is 5. The molecule has 1 aromatic rings. The molecule has 0 radical (unpaired) electrons. The Morgan fingerprint density at radius 2 is 2.17 bits per heavy atom. The molecule has 1 fully saturated rings. The Hall–Kier alpha value is -1.60. The van der Waals surface area contributed by atoms with E-state index in [0.29, 0.717) is 13.1 Å². The second kappa shape index (κ2) is 7.98. The number of urea groups is 1. The molecule has 2 N–H and O–H groups in total. The molecular formula is C17H27N3O3S. The number of carbonyl (C=O) groups is 1. The first kappa shape index (κ1) is 18.7. The van der Waals surface area contributed by atoms with Crippen LogP contribution >= 0.6 is 0 Å². The first-order chi connectivity index (χ1) is 11.3. The summed E-state index contributed by atoms with van der Waals surface area (Å²) in [7, 11) is -1.82. The van der Waals surface area contributed by atoms with Crippen LogP contribution in [0, 0.1) is 12.8 Å². The lowest BCUT2D eigenvalue weighted by Crippen LogP contribution is -2.47. The van der Waals surface area contributed by atoms with Gasteiger partial charge in [-0.2, -0.15) is 0 Å². The number of hydrogen-bond acceptors (Lipinski definition) is 3. The summed E-state index contributed by atoms with van der Waals surface area (Å²) in [6.45, 7) is 5.13. The smallest absolute Gasteiger partial charge is 0.317 e. The molecule has 7 heteroatoms. The van der Waals surface area contributed by atoms with Crippen molar-refractivity contribution in [2.24, 2.45) is 5.92 Å². The van der Waals surface area contributed by atoms with Gasteiger partial charge in [-0.25, -0.2) is 17.9 Å². The summed E-state index contributed by atoms with van der Waals surface area (Å²) in [5, 5.41) is 3.01. The van der Waals surface area contributed by atoms with Crippen LogP contribution in [0.2, 0.25) is 0 Å². The molecule has 2 unspecified atom stereocenters. The molecule has 2 amide bonds. The average molecular weight is 353 g/mol. The molecule has 134 valence electrons. The topological polar surface area (TPSA) is 78.5 Å². The number of likely N-dealkylation sites (tertiary alicyclic amines) is 1. The van der Waals surface area contributed by atoms with E-state index in [-0.39, 0.29) is 23.7 Å². The molecule has 0 spiro atoms. The standard InChI is InChI=1S/C17H27N3O3S/c1-13-6-4-8-16(10-13)14(2)19-17(21)20-9-5-7-15(11-20)12-24(22,23)18-3/h4,6,8,10,14-15,18H,5,7,9,11-12H2,1-3H3,(H,19,21). The minimum absolute atomic E-state index is 0.0174. The van der Waals surface area contributed by atoms with Crippen LogP contribution in [-0.2, 0) is 10.0 Å². The molecule has 0 aliphatic carbocycles. The summed E-state index contributed by atoms with van der Waals surface area (Å²) in [6, 6.07) is 7.84. The monoisotopic (exact) mass is 353 g/mol. The van der Waals surface area contributed by atoms with Gasteiger partial charge in [0, 0.05) is 13.1 Å². The van der Waals surface area contributed by atoms with E-state index in [9.17, 15) is 13.2 Å². The van der Waals surface area contributed by atoms with E-state index in [4.69, 9.17) is 0 Å².